The number of hydrogen-bond donors (Lipinski definition) is 2. The minimum atomic E-state index is -0.0323. The van der Waals surface area contributed by atoms with Crippen molar-refractivity contribution in [3.63, 3.8) is 0 Å². The maximum Gasteiger partial charge on any atom is 0.251 e. The van der Waals surface area contributed by atoms with Crippen LogP contribution in [0.1, 0.15) is 49.5 Å². The van der Waals surface area contributed by atoms with Gasteiger partial charge in [-0.25, -0.2) is 0 Å². The lowest BCUT2D eigenvalue weighted by atomic mass is 10.1. The van der Waals surface area contributed by atoms with E-state index in [4.69, 9.17) is 5.73 Å². The first kappa shape index (κ1) is 17.5. The highest BCUT2D eigenvalue weighted by atomic mass is 16.1. The minimum Gasteiger partial charge on any atom is -0.398 e. The zero-order valence-electron chi connectivity index (χ0n) is 13.8. The fourth-order valence-electron chi connectivity index (χ4n) is 2.43. The van der Waals surface area contributed by atoms with E-state index in [9.17, 15) is 4.79 Å². The third-order valence-electron chi connectivity index (χ3n) is 4.00. The summed E-state index contributed by atoms with van der Waals surface area (Å²) in [5.74, 6) is -0.0323. The predicted molar refractivity (Wildman–Crippen MR) is 89.5 cm³/mol. The van der Waals surface area contributed by atoms with Crippen LogP contribution in [0.3, 0.4) is 0 Å². The third kappa shape index (κ3) is 5.38. The molecule has 4 heteroatoms. The van der Waals surface area contributed by atoms with Gasteiger partial charge in [0.05, 0.1) is 0 Å². The largest absolute Gasteiger partial charge is 0.398 e. The molecule has 4 nitrogen and oxygen atoms in total. The van der Waals surface area contributed by atoms with Crippen LogP contribution in [0.5, 0.6) is 0 Å². The van der Waals surface area contributed by atoms with Crippen molar-refractivity contribution in [2.24, 2.45) is 0 Å². The lowest BCUT2D eigenvalue weighted by Crippen LogP contribution is -2.34. The van der Waals surface area contributed by atoms with Crippen LogP contribution in [0, 0.1) is 6.92 Å². The molecule has 1 aromatic rings. The second-order valence-corrected chi connectivity index (χ2v) is 5.56. The summed E-state index contributed by atoms with van der Waals surface area (Å²) in [6.45, 7) is 11.6. The Hall–Kier alpha value is -1.55. The third-order valence-corrected chi connectivity index (χ3v) is 4.00. The van der Waals surface area contributed by atoms with Crippen LogP contribution in [0.2, 0.25) is 0 Å². The fraction of sp³-hybridized carbons (Fsp3) is 0.588. The van der Waals surface area contributed by atoms with Gasteiger partial charge in [-0.2, -0.15) is 0 Å². The van der Waals surface area contributed by atoms with E-state index in [2.05, 4.69) is 31.0 Å². The van der Waals surface area contributed by atoms with Crippen LogP contribution >= 0.6 is 0 Å². The van der Waals surface area contributed by atoms with Gasteiger partial charge in [0, 0.05) is 17.3 Å². The number of nitrogen functional groups attached to an aromatic ring is 1. The molecule has 0 saturated carbocycles. The van der Waals surface area contributed by atoms with E-state index in [0.29, 0.717) is 11.3 Å². The molecular weight excluding hydrogens is 262 g/mol. The Kier molecular flexibility index (Phi) is 7.23. The molecule has 1 atom stereocenters. The van der Waals surface area contributed by atoms with E-state index in [1.165, 1.54) is 0 Å². The lowest BCUT2D eigenvalue weighted by molar-refractivity contribution is 0.0936. The highest BCUT2D eigenvalue weighted by Crippen LogP contribution is 2.15. The molecule has 0 bridgehead atoms. The number of carbonyl (C=O) groups is 1. The van der Waals surface area contributed by atoms with Gasteiger partial charge >= 0.3 is 0 Å². The molecule has 0 aromatic heterocycles. The van der Waals surface area contributed by atoms with Gasteiger partial charge in [-0.05, 0) is 64.0 Å². The molecular formula is C17H29N3O. The topological polar surface area (TPSA) is 58.4 Å². The average Bonchev–Trinajstić information content (AvgIpc) is 2.46. The summed E-state index contributed by atoms with van der Waals surface area (Å²) >= 11 is 0. The molecule has 118 valence electrons. The van der Waals surface area contributed by atoms with Crippen LogP contribution < -0.4 is 11.1 Å². The first-order valence-electron chi connectivity index (χ1n) is 7.87. The van der Waals surface area contributed by atoms with Crippen LogP contribution in [-0.4, -0.2) is 36.5 Å². The molecule has 0 heterocycles. The van der Waals surface area contributed by atoms with Gasteiger partial charge < -0.3 is 16.0 Å². The fourth-order valence-corrected chi connectivity index (χ4v) is 2.43. The minimum absolute atomic E-state index is 0.0323. The highest BCUT2D eigenvalue weighted by molar-refractivity contribution is 5.97. The summed E-state index contributed by atoms with van der Waals surface area (Å²) in [5.41, 5.74) is 8.04. The Balaban J connectivity index is 2.45. The van der Waals surface area contributed by atoms with Crippen molar-refractivity contribution in [3.8, 4) is 0 Å². The first-order valence-corrected chi connectivity index (χ1v) is 7.87. The maximum absolute atomic E-state index is 12.3. The quantitative estimate of drug-likeness (QED) is 0.724. The van der Waals surface area contributed by atoms with Crippen LogP contribution in [0.15, 0.2) is 18.2 Å². The Morgan fingerprint density at radius 2 is 2.00 bits per heavy atom. The molecule has 0 aliphatic carbocycles. The number of rotatable bonds is 8. The maximum atomic E-state index is 12.3. The van der Waals surface area contributed by atoms with E-state index in [-0.39, 0.29) is 11.9 Å². The van der Waals surface area contributed by atoms with Gasteiger partial charge in [0.15, 0.2) is 0 Å². The number of anilines is 1. The number of nitrogens with two attached hydrogens (primary N) is 1. The summed E-state index contributed by atoms with van der Waals surface area (Å²) in [6, 6.07) is 5.64. The average molecular weight is 291 g/mol. The molecule has 1 amide bonds. The molecule has 0 fully saturated rings. The second kappa shape index (κ2) is 8.67. The van der Waals surface area contributed by atoms with Gasteiger partial charge in [-0.3, -0.25) is 4.79 Å². The summed E-state index contributed by atoms with van der Waals surface area (Å²) < 4.78 is 0. The zero-order chi connectivity index (χ0) is 15.8. The molecule has 21 heavy (non-hydrogen) atoms. The van der Waals surface area contributed by atoms with Crippen LogP contribution in [-0.2, 0) is 0 Å². The second-order valence-electron chi connectivity index (χ2n) is 5.56. The van der Waals surface area contributed by atoms with E-state index < -0.39 is 0 Å². The Morgan fingerprint density at radius 1 is 1.33 bits per heavy atom. The van der Waals surface area contributed by atoms with E-state index >= 15 is 0 Å². The highest BCUT2D eigenvalue weighted by Gasteiger charge is 2.13. The Morgan fingerprint density at radius 3 is 2.62 bits per heavy atom. The van der Waals surface area contributed by atoms with Crippen molar-refractivity contribution >= 4 is 11.6 Å². The molecule has 1 aromatic carbocycles. The van der Waals surface area contributed by atoms with Crippen LogP contribution in [0.4, 0.5) is 5.69 Å². The summed E-state index contributed by atoms with van der Waals surface area (Å²) in [7, 11) is 0. The number of nitrogens with one attached hydrogen (secondary N) is 1. The van der Waals surface area contributed by atoms with Gasteiger partial charge in [-0.1, -0.05) is 19.9 Å². The first-order chi connectivity index (χ1) is 9.99. The molecule has 0 saturated heterocycles. The smallest absolute Gasteiger partial charge is 0.251 e. The lowest BCUT2D eigenvalue weighted by Gasteiger charge is -2.20. The Bertz CT molecular complexity index is 455. The molecule has 3 N–H and O–H groups in total. The van der Waals surface area contributed by atoms with Crippen molar-refractivity contribution in [1.82, 2.24) is 10.2 Å². The van der Waals surface area contributed by atoms with Gasteiger partial charge in [0.2, 0.25) is 0 Å². The summed E-state index contributed by atoms with van der Waals surface area (Å²) in [4.78, 5) is 14.7. The van der Waals surface area contributed by atoms with Crippen LogP contribution in [0.25, 0.3) is 0 Å². The SMILES string of the molecule is CCN(CC)CCCC(C)NC(=O)c1cccc(N)c1C. The molecule has 0 aliphatic heterocycles. The number of nitrogens with zero attached hydrogens (tertiary/aromatic N) is 1. The van der Waals surface area contributed by atoms with E-state index in [0.717, 1.165) is 38.0 Å². The van der Waals surface area contributed by atoms with Crippen molar-refractivity contribution < 1.29 is 4.79 Å². The Labute approximate surface area is 128 Å². The standard InChI is InChI=1S/C17H29N3O/c1-5-20(6-2)12-8-9-13(3)19-17(21)15-10-7-11-16(18)14(15)4/h7,10-11,13H,5-6,8-9,12,18H2,1-4H3,(H,19,21). The molecule has 0 spiro atoms. The molecule has 0 radical (unpaired) electrons. The number of benzene rings is 1. The summed E-state index contributed by atoms with van der Waals surface area (Å²) in [5, 5.41) is 3.06. The summed E-state index contributed by atoms with van der Waals surface area (Å²) in [6.07, 6.45) is 2.09. The van der Waals surface area contributed by atoms with Gasteiger partial charge in [0.25, 0.3) is 5.91 Å². The van der Waals surface area contributed by atoms with E-state index in [1.807, 2.05) is 25.1 Å². The van der Waals surface area contributed by atoms with Gasteiger partial charge in [-0.15, -0.1) is 0 Å². The zero-order valence-corrected chi connectivity index (χ0v) is 13.8. The molecule has 1 rings (SSSR count). The van der Waals surface area contributed by atoms with E-state index in [1.54, 1.807) is 0 Å². The number of carbonyl (C=O) groups excluding carboxylic acids is 1. The van der Waals surface area contributed by atoms with Crippen molar-refractivity contribution in [2.45, 2.75) is 46.6 Å². The van der Waals surface area contributed by atoms with Gasteiger partial charge in [0.1, 0.15) is 0 Å². The monoisotopic (exact) mass is 291 g/mol. The van der Waals surface area contributed by atoms with Crippen molar-refractivity contribution in [2.75, 3.05) is 25.4 Å². The number of hydrogen-bond acceptors (Lipinski definition) is 3. The number of amides is 1. The predicted octanol–water partition coefficient (Wildman–Crippen LogP) is 2.82. The molecule has 0 aliphatic rings. The molecule has 1 unspecified atom stereocenters. The normalized spacial score (nSPS) is 12.4. The van der Waals surface area contributed by atoms with Crippen molar-refractivity contribution in [3.05, 3.63) is 29.3 Å². The van der Waals surface area contributed by atoms with Crippen molar-refractivity contribution in [1.29, 1.82) is 0 Å².